The van der Waals surface area contributed by atoms with Gasteiger partial charge in [0.15, 0.2) is 5.92 Å². The summed E-state index contributed by atoms with van der Waals surface area (Å²) in [5.74, 6) is -0.177. The summed E-state index contributed by atoms with van der Waals surface area (Å²) in [7, 11) is 2.49. The van der Waals surface area contributed by atoms with Crippen molar-refractivity contribution in [3.8, 4) is 17.2 Å². The van der Waals surface area contributed by atoms with Gasteiger partial charge in [0.05, 0.1) is 26.5 Å². The lowest BCUT2D eigenvalue weighted by Crippen LogP contribution is -2.28. The Morgan fingerprint density at radius 2 is 1.61 bits per heavy atom. The first-order valence-corrected chi connectivity index (χ1v) is 9.91. The van der Waals surface area contributed by atoms with Crippen LogP contribution in [0, 0.1) is 12.8 Å². The molecule has 0 bridgehead atoms. The summed E-state index contributed by atoms with van der Waals surface area (Å²) in [5, 5.41) is 0. The van der Waals surface area contributed by atoms with Gasteiger partial charge >= 0.3 is 11.9 Å². The van der Waals surface area contributed by atoms with Crippen LogP contribution in [-0.2, 0) is 31.9 Å². The number of hydrogen-bond donors (Lipinski definition) is 0. The van der Waals surface area contributed by atoms with Gasteiger partial charge in [-0.05, 0) is 43.2 Å². The molecule has 31 heavy (non-hydrogen) atoms. The average Bonchev–Trinajstić information content (AvgIpc) is 3.18. The smallest absolute Gasteiger partial charge is 0.320 e. The van der Waals surface area contributed by atoms with E-state index in [1.54, 1.807) is 12.1 Å². The Labute approximate surface area is 181 Å². The van der Waals surface area contributed by atoms with E-state index in [9.17, 15) is 9.59 Å². The number of carbonyl (C=O) groups is 2. The number of methoxy groups -OCH3 is 2. The molecule has 0 radical (unpaired) electrons. The first kappa shape index (κ1) is 22.1. The second-order valence-electron chi connectivity index (χ2n) is 6.93. The van der Waals surface area contributed by atoms with Crippen molar-refractivity contribution in [3.05, 3.63) is 71.6 Å². The fraction of sp³-hybridized carbons (Fsp3) is 0.292. The molecule has 0 aliphatic heterocycles. The lowest BCUT2D eigenvalue weighted by molar-refractivity contribution is -0.158. The van der Waals surface area contributed by atoms with Crippen LogP contribution < -0.4 is 4.74 Å². The summed E-state index contributed by atoms with van der Waals surface area (Å²) in [4.78, 5) is 28.2. The second-order valence-corrected chi connectivity index (χ2v) is 6.93. The van der Waals surface area contributed by atoms with E-state index >= 15 is 0 Å². The maximum absolute atomic E-state index is 11.8. The number of benzene rings is 2. The van der Waals surface area contributed by atoms with Crippen LogP contribution in [0.15, 0.2) is 59.0 Å². The molecule has 0 atom stereocenters. The third-order valence-electron chi connectivity index (χ3n) is 4.86. The average molecular weight is 429 g/mol. The number of ether oxygens (including phenoxy) is 3. The van der Waals surface area contributed by atoms with Crippen molar-refractivity contribution in [2.45, 2.75) is 19.8 Å². The second kappa shape index (κ2) is 10.4. The van der Waals surface area contributed by atoms with Crippen molar-refractivity contribution in [1.82, 2.24) is 4.98 Å². The van der Waals surface area contributed by atoms with Crippen LogP contribution in [0.2, 0.25) is 0 Å². The number of carbonyl (C=O) groups excluding carboxylic acids is 2. The minimum atomic E-state index is -0.990. The molecule has 7 nitrogen and oxygen atoms in total. The third kappa shape index (κ3) is 5.72. The molecule has 0 saturated heterocycles. The molecule has 3 rings (SSSR count). The molecular weight excluding hydrogens is 404 g/mol. The Kier molecular flexibility index (Phi) is 7.43. The van der Waals surface area contributed by atoms with Gasteiger partial charge in [0.2, 0.25) is 5.89 Å². The predicted molar refractivity (Wildman–Crippen MR) is 114 cm³/mol. The van der Waals surface area contributed by atoms with Gasteiger partial charge in [-0.2, -0.15) is 0 Å². The highest BCUT2D eigenvalue weighted by molar-refractivity contribution is 5.95. The van der Waals surface area contributed by atoms with Crippen molar-refractivity contribution in [2.75, 3.05) is 20.8 Å². The highest BCUT2D eigenvalue weighted by Gasteiger charge is 2.28. The number of nitrogens with zero attached hydrogens (tertiary/aromatic N) is 1. The molecule has 0 saturated carbocycles. The standard InChI is InChI=1S/C24H25NO6/c1-16-21(25-22(31-16)18-7-5-4-6-8-18)13-14-30-19-11-9-17(10-12-19)15-20(23(26)28-2)24(27)29-3/h4-12,20H,13-15H2,1-3H3/i9+1,10+1,11+1,12+1,17+1,19+1. The van der Waals surface area contributed by atoms with Crippen LogP contribution in [0.1, 0.15) is 17.0 Å². The summed E-state index contributed by atoms with van der Waals surface area (Å²) >= 11 is 0. The Balaban J connectivity index is 1.56. The Morgan fingerprint density at radius 3 is 2.23 bits per heavy atom. The predicted octanol–water partition coefficient (Wildman–Crippen LogP) is 3.78. The van der Waals surface area contributed by atoms with E-state index in [4.69, 9.17) is 9.15 Å². The minimum Gasteiger partial charge on any atom is -0.493 e. The van der Waals surface area contributed by atoms with Gasteiger partial charge < -0.3 is 18.6 Å². The molecule has 0 spiro atoms. The van der Waals surface area contributed by atoms with Gasteiger partial charge in [0, 0.05) is 12.0 Å². The van der Waals surface area contributed by atoms with Crippen LogP contribution in [0.4, 0.5) is 0 Å². The van der Waals surface area contributed by atoms with E-state index in [0.717, 1.165) is 22.6 Å². The van der Waals surface area contributed by atoms with Gasteiger partial charge in [0.1, 0.15) is 11.5 Å². The molecule has 7 heteroatoms. The number of aryl methyl sites for hydroxylation is 1. The quantitative estimate of drug-likeness (QED) is 0.378. The maximum Gasteiger partial charge on any atom is 0.320 e. The molecule has 0 aliphatic carbocycles. The summed E-state index contributed by atoms with van der Waals surface area (Å²) < 4.78 is 21.0. The molecule has 162 valence electrons. The van der Waals surface area contributed by atoms with E-state index in [1.165, 1.54) is 14.2 Å². The minimum absolute atomic E-state index is 0.194. The summed E-state index contributed by atoms with van der Waals surface area (Å²) in [5.41, 5.74) is 2.59. The first-order valence-electron chi connectivity index (χ1n) is 9.91. The number of rotatable bonds is 9. The molecule has 0 amide bonds. The van der Waals surface area contributed by atoms with Crippen LogP contribution in [0.3, 0.4) is 0 Å². The molecular formula is C24H25NO6. The molecule has 0 N–H and O–H groups in total. The van der Waals surface area contributed by atoms with Gasteiger partial charge in [-0.1, -0.05) is 30.3 Å². The monoisotopic (exact) mass is 429 g/mol. The Bertz CT molecular complexity index is 994. The van der Waals surface area contributed by atoms with E-state index in [1.807, 2.05) is 49.4 Å². The fourth-order valence-corrected chi connectivity index (χ4v) is 3.13. The van der Waals surface area contributed by atoms with Gasteiger partial charge in [-0.25, -0.2) is 4.98 Å². The number of oxazole rings is 1. The molecule has 1 aromatic heterocycles. The van der Waals surface area contributed by atoms with E-state index in [2.05, 4.69) is 14.5 Å². The molecule has 0 fully saturated rings. The van der Waals surface area contributed by atoms with Gasteiger partial charge in [-0.15, -0.1) is 0 Å². The largest absolute Gasteiger partial charge is 0.493 e. The van der Waals surface area contributed by atoms with E-state index < -0.39 is 17.9 Å². The zero-order chi connectivity index (χ0) is 22.2. The van der Waals surface area contributed by atoms with Crippen molar-refractivity contribution in [2.24, 2.45) is 5.92 Å². The van der Waals surface area contributed by atoms with Gasteiger partial charge in [0.25, 0.3) is 0 Å². The van der Waals surface area contributed by atoms with Crippen molar-refractivity contribution >= 4 is 11.9 Å². The summed E-state index contributed by atoms with van der Waals surface area (Å²) in [6.07, 6.45) is 0.802. The van der Waals surface area contributed by atoms with Crippen LogP contribution in [-0.4, -0.2) is 37.7 Å². The summed E-state index contributed by atoms with van der Waals surface area (Å²) in [6.45, 7) is 2.33. The summed E-state index contributed by atoms with van der Waals surface area (Å²) in [6, 6.07) is 17.0. The fourth-order valence-electron chi connectivity index (χ4n) is 3.13. The van der Waals surface area contributed by atoms with Crippen molar-refractivity contribution < 1.29 is 28.2 Å². The number of aromatic nitrogens is 1. The van der Waals surface area contributed by atoms with E-state index in [-0.39, 0.29) is 6.42 Å². The maximum atomic E-state index is 11.8. The van der Waals surface area contributed by atoms with Crippen LogP contribution >= 0.6 is 0 Å². The van der Waals surface area contributed by atoms with Crippen molar-refractivity contribution in [1.29, 1.82) is 0 Å². The zero-order valence-electron chi connectivity index (χ0n) is 17.8. The van der Waals surface area contributed by atoms with Crippen molar-refractivity contribution in [3.63, 3.8) is 0 Å². The topological polar surface area (TPSA) is 87.9 Å². The van der Waals surface area contributed by atoms with Crippen LogP contribution in [0.25, 0.3) is 11.5 Å². The lowest BCUT2D eigenvalue weighted by atomic mass is 10.1. The molecule has 2 aromatic carbocycles. The molecule has 0 unspecified atom stereocenters. The molecule has 3 aromatic rings. The number of hydrogen-bond acceptors (Lipinski definition) is 7. The Morgan fingerprint density at radius 1 is 0.968 bits per heavy atom. The van der Waals surface area contributed by atoms with E-state index in [0.29, 0.717) is 24.7 Å². The highest BCUT2D eigenvalue weighted by atomic mass is 16.6. The third-order valence-corrected chi connectivity index (χ3v) is 4.86. The molecule has 1 heterocycles. The number of esters is 2. The Hall–Kier alpha value is -3.61. The highest BCUT2D eigenvalue weighted by Crippen LogP contribution is 2.22. The van der Waals surface area contributed by atoms with Gasteiger partial charge in [-0.3, -0.25) is 9.59 Å². The lowest BCUT2D eigenvalue weighted by Gasteiger charge is -2.13. The van der Waals surface area contributed by atoms with Crippen LogP contribution in [0.5, 0.6) is 5.75 Å². The molecule has 0 aliphatic rings. The SMILES string of the molecule is COC(=O)C(C[13c]1[13cH][13cH][13c](OCCc2nc(-c3ccccc3)oc2C)[13cH][13cH]1)C(=O)OC. The zero-order valence-corrected chi connectivity index (χ0v) is 17.8. The first-order chi connectivity index (χ1) is 15.0. The normalized spacial score (nSPS) is 10.7.